The molecular formula is C20H22N4O4S2. The minimum Gasteiger partial charge on any atom is -0.360 e. The number of carbonyl (C=O) groups is 1. The van der Waals surface area contributed by atoms with Crippen molar-refractivity contribution in [2.45, 2.75) is 42.4 Å². The third-order valence-electron chi connectivity index (χ3n) is 4.21. The molecule has 0 saturated heterocycles. The Morgan fingerprint density at radius 1 is 1.20 bits per heavy atom. The number of anilines is 1. The van der Waals surface area contributed by atoms with Crippen LogP contribution >= 0.6 is 11.8 Å². The summed E-state index contributed by atoms with van der Waals surface area (Å²) >= 11 is 1.66. The van der Waals surface area contributed by atoms with Crippen LogP contribution in [0.2, 0.25) is 0 Å². The third kappa shape index (κ3) is 5.47. The molecule has 0 bridgehead atoms. The van der Waals surface area contributed by atoms with E-state index in [4.69, 9.17) is 4.52 Å². The predicted octanol–water partition coefficient (Wildman–Crippen LogP) is 3.28. The number of nitrogens with one attached hydrogen (secondary N) is 2. The third-order valence-corrected chi connectivity index (χ3v) is 7.08. The minimum atomic E-state index is -3.93. The van der Waals surface area contributed by atoms with Gasteiger partial charge in [-0.3, -0.25) is 9.78 Å². The van der Waals surface area contributed by atoms with Crippen LogP contribution in [0.5, 0.6) is 0 Å². The van der Waals surface area contributed by atoms with Crippen molar-refractivity contribution in [2.24, 2.45) is 0 Å². The number of thioether (sulfide) groups is 1. The molecule has 0 spiro atoms. The fourth-order valence-corrected chi connectivity index (χ4v) is 5.10. The summed E-state index contributed by atoms with van der Waals surface area (Å²) < 4.78 is 32.3. The zero-order chi connectivity index (χ0) is 21.7. The highest BCUT2D eigenvalue weighted by molar-refractivity contribution is 7.98. The van der Waals surface area contributed by atoms with E-state index in [2.05, 4.69) is 20.2 Å². The van der Waals surface area contributed by atoms with E-state index in [1.54, 1.807) is 30.1 Å². The van der Waals surface area contributed by atoms with Gasteiger partial charge in [-0.05, 0) is 56.7 Å². The Morgan fingerprint density at radius 3 is 2.53 bits per heavy atom. The number of pyridine rings is 1. The zero-order valence-electron chi connectivity index (χ0n) is 16.7. The number of amides is 1. The van der Waals surface area contributed by atoms with Crippen LogP contribution in [0.1, 0.15) is 23.9 Å². The summed E-state index contributed by atoms with van der Waals surface area (Å²) in [6, 6.07) is 10.3. The topological polar surface area (TPSA) is 114 Å². The normalized spacial score (nSPS) is 12.5. The summed E-state index contributed by atoms with van der Waals surface area (Å²) in [6.07, 6.45) is 3.56. The fraction of sp³-hybridized carbons (Fsp3) is 0.250. The summed E-state index contributed by atoms with van der Waals surface area (Å²) in [5.74, 6) is 0.494. The molecule has 3 aromatic rings. The van der Waals surface area contributed by atoms with Crippen LogP contribution < -0.4 is 10.0 Å². The van der Waals surface area contributed by atoms with Crippen molar-refractivity contribution in [2.75, 3.05) is 5.32 Å². The molecule has 0 aliphatic rings. The predicted molar refractivity (Wildman–Crippen MR) is 115 cm³/mol. The van der Waals surface area contributed by atoms with E-state index in [0.717, 1.165) is 16.2 Å². The van der Waals surface area contributed by atoms with Gasteiger partial charge in [-0.1, -0.05) is 11.2 Å². The van der Waals surface area contributed by atoms with E-state index >= 15 is 0 Å². The monoisotopic (exact) mass is 446 g/mol. The summed E-state index contributed by atoms with van der Waals surface area (Å²) in [6.45, 7) is 4.51. The van der Waals surface area contributed by atoms with Gasteiger partial charge >= 0.3 is 0 Å². The SMILES string of the molecule is Cc1noc(C)c1S(=O)(=O)N[C@@H](C)C(=O)Nc1ccc(SCc2cccnc2)cc1. The Balaban J connectivity index is 1.57. The molecule has 2 aromatic heterocycles. The van der Waals surface area contributed by atoms with Crippen LogP contribution in [-0.4, -0.2) is 30.5 Å². The number of hydrogen-bond acceptors (Lipinski definition) is 7. The molecule has 1 atom stereocenters. The zero-order valence-corrected chi connectivity index (χ0v) is 18.4. The molecule has 0 aliphatic carbocycles. The maximum Gasteiger partial charge on any atom is 0.246 e. The summed E-state index contributed by atoms with van der Waals surface area (Å²) in [4.78, 5) is 17.5. The van der Waals surface area contributed by atoms with Crippen LogP contribution in [0.3, 0.4) is 0 Å². The number of carbonyl (C=O) groups excluding carboxylic acids is 1. The molecule has 0 unspecified atom stereocenters. The van der Waals surface area contributed by atoms with Gasteiger partial charge in [-0.2, -0.15) is 4.72 Å². The molecule has 3 rings (SSSR count). The molecule has 0 radical (unpaired) electrons. The van der Waals surface area contributed by atoms with Crippen molar-refractivity contribution in [1.82, 2.24) is 14.9 Å². The first-order chi connectivity index (χ1) is 14.3. The Labute approximate surface area is 179 Å². The lowest BCUT2D eigenvalue weighted by molar-refractivity contribution is -0.117. The Hall–Kier alpha value is -2.69. The minimum absolute atomic E-state index is 0.0443. The first kappa shape index (κ1) is 22.0. The number of nitrogens with zero attached hydrogens (tertiary/aromatic N) is 2. The van der Waals surface area contributed by atoms with Gasteiger partial charge in [0.05, 0.1) is 6.04 Å². The first-order valence-corrected chi connectivity index (χ1v) is 11.6. The van der Waals surface area contributed by atoms with Crippen LogP contribution in [0.25, 0.3) is 0 Å². The molecule has 1 aromatic carbocycles. The number of hydrogen-bond donors (Lipinski definition) is 2. The van der Waals surface area contributed by atoms with Crippen molar-refractivity contribution in [1.29, 1.82) is 0 Å². The van der Waals surface area contributed by atoms with Crippen molar-refractivity contribution in [3.05, 3.63) is 65.8 Å². The van der Waals surface area contributed by atoms with Gasteiger partial charge in [0.1, 0.15) is 10.6 Å². The summed E-state index contributed by atoms with van der Waals surface area (Å²) in [5.41, 5.74) is 1.94. The van der Waals surface area contributed by atoms with Crippen LogP contribution in [0.15, 0.2) is 63.1 Å². The fourth-order valence-electron chi connectivity index (χ4n) is 2.74. The molecule has 2 N–H and O–H groups in total. The van der Waals surface area contributed by atoms with E-state index < -0.39 is 22.0 Å². The Kier molecular flexibility index (Phi) is 6.91. The number of aryl methyl sites for hydroxylation is 2. The number of benzene rings is 1. The number of sulfonamides is 1. The van der Waals surface area contributed by atoms with Crippen molar-refractivity contribution >= 4 is 33.4 Å². The standard InChI is InChI=1S/C20H22N4O4S2/c1-13-19(15(3)28-23-13)30(26,27)24-14(2)20(25)22-17-6-8-18(9-7-17)29-12-16-5-4-10-21-11-16/h4-11,14,24H,12H2,1-3H3,(H,22,25)/t14-/m0/s1. The number of rotatable bonds is 8. The highest BCUT2D eigenvalue weighted by Crippen LogP contribution is 2.24. The Morgan fingerprint density at radius 2 is 1.93 bits per heavy atom. The maximum atomic E-state index is 12.5. The lowest BCUT2D eigenvalue weighted by Crippen LogP contribution is -2.41. The molecule has 0 aliphatic heterocycles. The first-order valence-electron chi connectivity index (χ1n) is 9.14. The van der Waals surface area contributed by atoms with Crippen LogP contribution in [0, 0.1) is 13.8 Å². The maximum absolute atomic E-state index is 12.5. The molecule has 1 amide bonds. The lowest BCUT2D eigenvalue weighted by atomic mass is 10.3. The van der Waals surface area contributed by atoms with E-state index in [-0.39, 0.29) is 16.3 Å². The molecule has 0 saturated carbocycles. The molecule has 30 heavy (non-hydrogen) atoms. The Bertz CT molecular complexity index is 1090. The van der Waals surface area contributed by atoms with E-state index in [1.807, 2.05) is 30.5 Å². The van der Waals surface area contributed by atoms with Crippen LogP contribution in [0.4, 0.5) is 5.69 Å². The molecule has 10 heteroatoms. The average molecular weight is 447 g/mol. The summed E-state index contributed by atoms with van der Waals surface area (Å²) in [5, 5.41) is 6.36. The molecule has 158 valence electrons. The largest absolute Gasteiger partial charge is 0.360 e. The van der Waals surface area contributed by atoms with E-state index in [0.29, 0.717) is 5.69 Å². The summed E-state index contributed by atoms with van der Waals surface area (Å²) in [7, 11) is -3.93. The molecule has 2 heterocycles. The average Bonchev–Trinajstić information content (AvgIpc) is 3.07. The molecular weight excluding hydrogens is 424 g/mol. The van der Waals surface area contributed by atoms with Gasteiger partial charge in [0, 0.05) is 28.7 Å². The van der Waals surface area contributed by atoms with E-state index in [9.17, 15) is 13.2 Å². The van der Waals surface area contributed by atoms with Gasteiger partial charge in [0.15, 0.2) is 5.76 Å². The van der Waals surface area contributed by atoms with Crippen molar-refractivity contribution < 1.29 is 17.7 Å². The number of aromatic nitrogens is 2. The second-order valence-electron chi connectivity index (χ2n) is 6.66. The van der Waals surface area contributed by atoms with Gasteiger partial charge in [-0.15, -0.1) is 11.8 Å². The highest BCUT2D eigenvalue weighted by atomic mass is 32.2. The molecule has 8 nitrogen and oxygen atoms in total. The molecule has 0 fully saturated rings. The van der Waals surface area contributed by atoms with Gasteiger partial charge in [0.25, 0.3) is 0 Å². The van der Waals surface area contributed by atoms with Gasteiger partial charge in [-0.25, -0.2) is 8.42 Å². The highest BCUT2D eigenvalue weighted by Gasteiger charge is 2.28. The van der Waals surface area contributed by atoms with Crippen molar-refractivity contribution in [3.8, 4) is 0 Å². The quantitative estimate of drug-likeness (QED) is 0.510. The second kappa shape index (κ2) is 9.41. The van der Waals surface area contributed by atoms with Crippen molar-refractivity contribution in [3.63, 3.8) is 0 Å². The van der Waals surface area contributed by atoms with E-state index in [1.165, 1.54) is 20.8 Å². The van der Waals surface area contributed by atoms with Gasteiger partial charge < -0.3 is 9.84 Å². The second-order valence-corrected chi connectivity index (χ2v) is 9.36. The smallest absolute Gasteiger partial charge is 0.246 e. The van der Waals surface area contributed by atoms with Crippen LogP contribution in [-0.2, 0) is 20.6 Å². The van der Waals surface area contributed by atoms with Gasteiger partial charge in [0.2, 0.25) is 15.9 Å². The lowest BCUT2D eigenvalue weighted by Gasteiger charge is -2.14.